The molecule has 0 aliphatic carbocycles. The molecule has 0 fully saturated rings. The van der Waals surface area contributed by atoms with Crippen molar-refractivity contribution in [3.8, 4) is 0 Å². The van der Waals surface area contributed by atoms with E-state index in [0.717, 1.165) is 12.4 Å². The van der Waals surface area contributed by atoms with E-state index in [0.29, 0.717) is 33.8 Å². The molecule has 5 rings (SSSR count). The molecule has 39 heavy (non-hydrogen) atoms. The van der Waals surface area contributed by atoms with E-state index < -0.39 is 30.0 Å². The van der Waals surface area contributed by atoms with Crippen LogP contribution in [0, 0.1) is 0 Å². The van der Waals surface area contributed by atoms with Gasteiger partial charge in [0.15, 0.2) is 0 Å². The van der Waals surface area contributed by atoms with Crippen LogP contribution >= 0.6 is 23.2 Å². The Balaban J connectivity index is 1.47. The van der Waals surface area contributed by atoms with Crippen LogP contribution in [-0.4, -0.2) is 65.7 Å². The van der Waals surface area contributed by atoms with E-state index >= 15 is 0 Å². The fraction of sp³-hybridized carbons (Fsp3) is 0.400. The van der Waals surface area contributed by atoms with E-state index in [-0.39, 0.29) is 42.4 Å². The Kier molecular flexibility index (Phi) is 7.06. The number of carbonyl (C=O) groups is 2. The smallest absolute Gasteiger partial charge is 0.394 e. The Morgan fingerprint density at radius 1 is 1.21 bits per heavy atom. The van der Waals surface area contributed by atoms with Crippen molar-refractivity contribution in [3.63, 3.8) is 0 Å². The van der Waals surface area contributed by atoms with E-state index in [4.69, 9.17) is 23.2 Å². The minimum atomic E-state index is -4.69. The number of benzene rings is 1. The van der Waals surface area contributed by atoms with Gasteiger partial charge < -0.3 is 14.9 Å². The molecule has 0 spiro atoms. The van der Waals surface area contributed by atoms with Crippen LogP contribution in [0.15, 0.2) is 30.6 Å². The average Bonchev–Trinajstić information content (AvgIpc) is 3.27. The second-order valence-corrected chi connectivity index (χ2v) is 10.5. The van der Waals surface area contributed by atoms with Gasteiger partial charge in [-0.1, -0.05) is 23.2 Å². The number of aromatic nitrogens is 4. The lowest BCUT2D eigenvalue weighted by atomic mass is 9.96. The van der Waals surface area contributed by atoms with Crippen LogP contribution in [0.1, 0.15) is 69.4 Å². The molecule has 3 aromatic rings. The molecule has 206 valence electrons. The predicted molar refractivity (Wildman–Crippen MR) is 134 cm³/mol. The first-order valence-corrected chi connectivity index (χ1v) is 12.8. The van der Waals surface area contributed by atoms with Crippen molar-refractivity contribution in [2.24, 2.45) is 0 Å². The second-order valence-electron chi connectivity index (χ2n) is 9.64. The monoisotopic (exact) mass is 582 g/mol. The summed E-state index contributed by atoms with van der Waals surface area (Å²) in [5, 5.41) is 15.3. The third-order valence-corrected chi connectivity index (χ3v) is 7.91. The first-order chi connectivity index (χ1) is 18.4. The number of alkyl halides is 3. The summed E-state index contributed by atoms with van der Waals surface area (Å²) in [5.74, 6) is -1.98. The molecule has 0 saturated heterocycles. The molecular formula is C25H23Cl2F3N6O3. The summed E-state index contributed by atoms with van der Waals surface area (Å²) in [6, 6.07) is 3.09. The highest BCUT2D eigenvalue weighted by Gasteiger charge is 2.42. The van der Waals surface area contributed by atoms with Gasteiger partial charge in [-0.3, -0.25) is 14.3 Å². The molecule has 4 heterocycles. The number of nitrogens with zero attached hydrogens (tertiary/aromatic N) is 6. The zero-order valence-corrected chi connectivity index (χ0v) is 22.3. The molecule has 1 aromatic carbocycles. The van der Waals surface area contributed by atoms with Gasteiger partial charge in [-0.05, 0) is 32.0 Å². The van der Waals surface area contributed by atoms with Crippen molar-refractivity contribution < 1.29 is 27.9 Å². The Bertz CT molecular complexity index is 1450. The number of fused-ring (bicyclic) bond motifs is 3. The highest BCUT2D eigenvalue weighted by Crippen LogP contribution is 2.36. The Morgan fingerprint density at radius 3 is 2.51 bits per heavy atom. The molecule has 9 nitrogen and oxygen atoms in total. The van der Waals surface area contributed by atoms with Gasteiger partial charge in [-0.15, -0.1) is 0 Å². The van der Waals surface area contributed by atoms with E-state index in [1.807, 2.05) is 6.92 Å². The van der Waals surface area contributed by atoms with Crippen molar-refractivity contribution in [2.75, 3.05) is 13.2 Å². The zero-order valence-electron chi connectivity index (χ0n) is 20.8. The highest BCUT2D eigenvalue weighted by atomic mass is 35.5. The molecular weight excluding hydrogens is 560 g/mol. The maximum atomic E-state index is 13.8. The van der Waals surface area contributed by atoms with Crippen LogP contribution < -0.4 is 0 Å². The second kappa shape index (κ2) is 10.1. The fourth-order valence-electron chi connectivity index (χ4n) is 4.99. The minimum absolute atomic E-state index is 0.0759. The topological polar surface area (TPSA) is 104 Å². The number of carbonyl (C=O) groups excluding carboxylic acids is 2. The first kappa shape index (κ1) is 27.4. The molecule has 14 heteroatoms. The summed E-state index contributed by atoms with van der Waals surface area (Å²) < 4.78 is 40.3. The maximum Gasteiger partial charge on any atom is 0.451 e. The number of hydrogen-bond donors (Lipinski definition) is 1. The number of aliphatic hydroxyl groups excluding tert-OH is 1. The fourth-order valence-corrected chi connectivity index (χ4v) is 5.29. The molecule has 1 N–H and O–H groups in total. The van der Waals surface area contributed by atoms with E-state index in [9.17, 15) is 27.9 Å². The summed E-state index contributed by atoms with van der Waals surface area (Å²) in [6.07, 6.45) is -2.21. The van der Waals surface area contributed by atoms with Crippen LogP contribution in [0.2, 0.25) is 10.0 Å². The highest BCUT2D eigenvalue weighted by molar-refractivity contribution is 6.42. The Hall–Kier alpha value is -3.22. The summed E-state index contributed by atoms with van der Waals surface area (Å²) in [7, 11) is 0. The SMILES string of the molecule is CC(c1cnc(C(F)(F)F)nc1)N1C[C@@H](CO)n2nc3c(c2C1=O)CN(C(=O)c1ccc(Cl)c(Cl)c1)[C@H](C)C3. The van der Waals surface area contributed by atoms with Gasteiger partial charge in [0.2, 0.25) is 5.82 Å². The Labute approximate surface area is 231 Å². The van der Waals surface area contributed by atoms with Crippen molar-refractivity contribution >= 4 is 35.0 Å². The number of amides is 2. The summed E-state index contributed by atoms with van der Waals surface area (Å²) in [4.78, 5) is 37.1. The summed E-state index contributed by atoms with van der Waals surface area (Å²) >= 11 is 12.1. The predicted octanol–water partition coefficient (Wildman–Crippen LogP) is 4.34. The van der Waals surface area contributed by atoms with Crippen molar-refractivity contribution in [3.05, 3.63) is 74.5 Å². The van der Waals surface area contributed by atoms with Crippen LogP contribution in [0.4, 0.5) is 13.2 Å². The van der Waals surface area contributed by atoms with E-state index in [2.05, 4.69) is 15.1 Å². The molecule has 1 unspecified atom stereocenters. The van der Waals surface area contributed by atoms with Crippen LogP contribution in [-0.2, 0) is 19.1 Å². The summed E-state index contributed by atoms with van der Waals surface area (Å²) in [5.41, 5.74) is 2.09. The zero-order chi connectivity index (χ0) is 28.2. The minimum Gasteiger partial charge on any atom is -0.394 e. The molecule has 0 radical (unpaired) electrons. The van der Waals surface area contributed by atoms with Gasteiger partial charge in [0.05, 0.1) is 41.0 Å². The maximum absolute atomic E-state index is 13.8. The molecule has 2 aliphatic rings. The quantitative estimate of drug-likeness (QED) is 0.491. The standard InChI is InChI=1S/C25H23Cl2F3N6O3/c1-12-5-20-17(10-34(12)22(38)14-3-4-18(26)19(27)6-14)21-23(39)35(9-16(11-37)36(21)33-20)13(2)15-7-31-24(32-8-15)25(28,29)30/h3-4,6-8,12-13,16,37H,5,9-11H2,1-2H3/t12-,13?,16+/m1/s1. The number of rotatable bonds is 4. The normalized spacial score (nSPS) is 20.1. The van der Waals surface area contributed by atoms with E-state index in [1.165, 1.54) is 15.6 Å². The molecule has 2 aromatic heterocycles. The van der Waals surface area contributed by atoms with Gasteiger partial charge >= 0.3 is 6.18 Å². The first-order valence-electron chi connectivity index (χ1n) is 12.1. The average molecular weight is 583 g/mol. The van der Waals surface area contributed by atoms with E-state index in [1.54, 1.807) is 24.0 Å². The van der Waals surface area contributed by atoms with Crippen molar-refractivity contribution in [1.29, 1.82) is 0 Å². The molecule has 0 saturated carbocycles. The van der Waals surface area contributed by atoms with Crippen LogP contribution in [0.5, 0.6) is 0 Å². The molecule has 0 bridgehead atoms. The summed E-state index contributed by atoms with van der Waals surface area (Å²) in [6.45, 7) is 3.38. The van der Waals surface area contributed by atoms with Gasteiger partial charge in [-0.25, -0.2) is 9.97 Å². The molecule has 2 aliphatic heterocycles. The molecule has 2 amide bonds. The number of halogens is 5. The lowest BCUT2D eigenvalue weighted by Crippen LogP contribution is -2.47. The van der Waals surface area contributed by atoms with Crippen molar-refractivity contribution in [1.82, 2.24) is 29.5 Å². The third kappa shape index (κ3) is 4.85. The van der Waals surface area contributed by atoms with Crippen LogP contribution in [0.3, 0.4) is 0 Å². The van der Waals surface area contributed by atoms with Gasteiger partial charge in [-0.2, -0.15) is 18.3 Å². The van der Waals surface area contributed by atoms with Gasteiger partial charge in [0.1, 0.15) is 5.69 Å². The van der Waals surface area contributed by atoms with Gasteiger partial charge in [0.25, 0.3) is 11.8 Å². The Morgan fingerprint density at radius 2 is 1.90 bits per heavy atom. The number of hydrogen-bond acceptors (Lipinski definition) is 6. The largest absolute Gasteiger partial charge is 0.451 e. The third-order valence-electron chi connectivity index (χ3n) is 7.17. The van der Waals surface area contributed by atoms with Crippen molar-refractivity contribution in [2.45, 2.75) is 51.1 Å². The number of aliphatic hydroxyl groups is 1. The van der Waals surface area contributed by atoms with Crippen LogP contribution in [0.25, 0.3) is 0 Å². The van der Waals surface area contributed by atoms with Gasteiger partial charge in [0, 0.05) is 48.1 Å². The lowest BCUT2D eigenvalue weighted by molar-refractivity contribution is -0.145. The lowest BCUT2D eigenvalue weighted by Gasteiger charge is -2.38. The molecule has 3 atom stereocenters.